The first-order valence-corrected chi connectivity index (χ1v) is 13.7. The van der Waals surface area contributed by atoms with E-state index in [1.807, 2.05) is 31.2 Å². The summed E-state index contributed by atoms with van der Waals surface area (Å²) in [5, 5.41) is 3.77. The highest BCUT2D eigenvalue weighted by Crippen LogP contribution is 2.36. The molecule has 0 bridgehead atoms. The summed E-state index contributed by atoms with van der Waals surface area (Å²) in [5.74, 6) is -1.24. The molecule has 1 aliphatic heterocycles. The van der Waals surface area contributed by atoms with Gasteiger partial charge >= 0.3 is 0 Å². The summed E-state index contributed by atoms with van der Waals surface area (Å²) in [6.45, 7) is 3.30. The minimum absolute atomic E-state index is 0.000507. The van der Waals surface area contributed by atoms with Crippen molar-refractivity contribution in [1.82, 2.24) is 14.7 Å². The summed E-state index contributed by atoms with van der Waals surface area (Å²) in [5.41, 5.74) is 13.1. The molecule has 3 amide bonds. The fourth-order valence-electron chi connectivity index (χ4n) is 4.83. The Morgan fingerprint density at radius 1 is 1.23 bits per heavy atom. The number of nitrogens with zero attached hydrogens (tertiary/aromatic N) is 2. The number of para-hydroxylation sites is 1. The zero-order chi connectivity index (χ0) is 28.2. The molecule has 2 aromatic heterocycles. The lowest BCUT2D eigenvalue weighted by molar-refractivity contribution is -0.123. The SMILES string of the molecule is CCOc1ccc(N(C(=O)c2snc(C(N)=O)c2N)[C@@H](C(=O)NC[C@H]2CCCO2)c2c[nH]c3ccccc23)cc1. The van der Waals surface area contributed by atoms with Gasteiger partial charge in [0, 0.05) is 41.5 Å². The molecule has 5 rings (SSSR count). The Morgan fingerprint density at radius 2 is 2.00 bits per heavy atom. The van der Waals surface area contributed by atoms with Gasteiger partial charge in [-0.05, 0) is 61.6 Å². The van der Waals surface area contributed by atoms with Crippen molar-refractivity contribution in [1.29, 1.82) is 0 Å². The molecule has 0 aliphatic carbocycles. The average molecular weight is 563 g/mol. The molecule has 1 saturated heterocycles. The molecule has 1 fully saturated rings. The Labute approximate surface area is 234 Å². The van der Waals surface area contributed by atoms with Crippen molar-refractivity contribution in [2.45, 2.75) is 31.9 Å². The second-order valence-electron chi connectivity index (χ2n) is 9.31. The van der Waals surface area contributed by atoms with Gasteiger partial charge in [-0.25, -0.2) is 0 Å². The van der Waals surface area contributed by atoms with Crippen LogP contribution in [0.25, 0.3) is 10.9 Å². The van der Waals surface area contributed by atoms with Crippen molar-refractivity contribution in [3.63, 3.8) is 0 Å². The van der Waals surface area contributed by atoms with E-state index < -0.39 is 23.8 Å². The van der Waals surface area contributed by atoms with Gasteiger partial charge in [0.15, 0.2) is 5.69 Å². The van der Waals surface area contributed by atoms with Crippen molar-refractivity contribution in [2.75, 3.05) is 30.4 Å². The van der Waals surface area contributed by atoms with Crippen LogP contribution in [0.1, 0.15) is 51.5 Å². The highest BCUT2D eigenvalue weighted by atomic mass is 32.1. The monoisotopic (exact) mass is 562 g/mol. The first-order valence-electron chi connectivity index (χ1n) is 13.0. The number of fused-ring (bicyclic) bond motifs is 1. The molecule has 208 valence electrons. The number of nitrogen functional groups attached to an aromatic ring is 1. The van der Waals surface area contributed by atoms with Gasteiger partial charge in [-0.1, -0.05) is 18.2 Å². The molecule has 3 heterocycles. The lowest BCUT2D eigenvalue weighted by atomic mass is 10.0. The van der Waals surface area contributed by atoms with Crippen LogP contribution in [0.3, 0.4) is 0 Å². The van der Waals surface area contributed by atoms with Crippen molar-refractivity contribution >= 4 is 51.5 Å². The van der Waals surface area contributed by atoms with Crippen LogP contribution in [0.5, 0.6) is 5.75 Å². The predicted molar refractivity (Wildman–Crippen MR) is 152 cm³/mol. The van der Waals surface area contributed by atoms with E-state index >= 15 is 0 Å². The topological polar surface area (TPSA) is 166 Å². The smallest absolute Gasteiger partial charge is 0.273 e. The van der Waals surface area contributed by atoms with Crippen LogP contribution in [0.4, 0.5) is 11.4 Å². The molecule has 2 atom stereocenters. The molecule has 0 radical (unpaired) electrons. The van der Waals surface area contributed by atoms with Crippen LogP contribution in [-0.4, -0.2) is 52.9 Å². The minimum Gasteiger partial charge on any atom is -0.494 e. The highest BCUT2D eigenvalue weighted by Gasteiger charge is 2.37. The Bertz CT molecular complexity index is 1530. The third-order valence-corrected chi connectivity index (χ3v) is 7.60. The third-order valence-electron chi connectivity index (χ3n) is 6.75. The number of aromatic amines is 1. The van der Waals surface area contributed by atoms with Gasteiger partial charge in [0.2, 0.25) is 5.91 Å². The number of aromatic nitrogens is 2. The molecule has 1 aliphatic rings. The van der Waals surface area contributed by atoms with Crippen molar-refractivity contribution in [3.05, 3.63) is 70.9 Å². The number of H-pyrrole nitrogens is 1. The van der Waals surface area contributed by atoms with Gasteiger partial charge in [-0.3, -0.25) is 19.3 Å². The second kappa shape index (κ2) is 11.8. The summed E-state index contributed by atoms with van der Waals surface area (Å²) >= 11 is 0.759. The largest absolute Gasteiger partial charge is 0.494 e. The van der Waals surface area contributed by atoms with Crippen molar-refractivity contribution in [3.8, 4) is 5.75 Å². The van der Waals surface area contributed by atoms with Crippen LogP contribution < -0.4 is 26.4 Å². The summed E-state index contributed by atoms with van der Waals surface area (Å²) in [7, 11) is 0. The molecule has 40 heavy (non-hydrogen) atoms. The van der Waals surface area contributed by atoms with Gasteiger partial charge < -0.3 is 31.2 Å². The van der Waals surface area contributed by atoms with E-state index in [0.29, 0.717) is 36.8 Å². The van der Waals surface area contributed by atoms with Crippen LogP contribution in [-0.2, 0) is 9.53 Å². The van der Waals surface area contributed by atoms with E-state index in [9.17, 15) is 14.4 Å². The standard InChI is InChI=1S/C28H30N6O5S/c1-2-38-17-11-9-16(10-12-17)34(28(37)25-22(29)23(26(30)35)33-40-25)24(27(36)32-14-18-6-5-13-39-18)20-15-31-21-8-4-3-7-19(20)21/h3-4,7-12,15,18,24,31H,2,5-6,13-14,29H2,1H3,(H2,30,35)(H,32,36)/t18-,24-/m1/s1. The number of benzene rings is 2. The van der Waals surface area contributed by atoms with Gasteiger partial charge in [0.05, 0.1) is 18.4 Å². The number of hydrogen-bond donors (Lipinski definition) is 4. The normalized spacial score (nSPS) is 15.6. The van der Waals surface area contributed by atoms with Crippen LogP contribution in [0.2, 0.25) is 0 Å². The lowest BCUT2D eigenvalue weighted by Gasteiger charge is -2.31. The molecule has 6 N–H and O–H groups in total. The Balaban J connectivity index is 1.63. The molecular weight excluding hydrogens is 532 g/mol. The molecule has 11 nitrogen and oxygen atoms in total. The fourth-order valence-corrected chi connectivity index (χ4v) is 5.57. The number of nitrogens with two attached hydrogens (primary N) is 2. The van der Waals surface area contributed by atoms with Crippen LogP contribution >= 0.6 is 11.5 Å². The zero-order valence-corrected chi connectivity index (χ0v) is 22.7. The van der Waals surface area contributed by atoms with Crippen molar-refractivity contribution in [2.24, 2.45) is 5.73 Å². The van der Waals surface area contributed by atoms with Crippen LogP contribution in [0.15, 0.2) is 54.7 Å². The molecular formula is C28H30N6O5S. The summed E-state index contributed by atoms with van der Waals surface area (Å²) < 4.78 is 15.3. The van der Waals surface area contributed by atoms with E-state index in [1.165, 1.54) is 4.90 Å². The van der Waals surface area contributed by atoms with E-state index in [4.69, 9.17) is 20.9 Å². The quantitative estimate of drug-likeness (QED) is 0.230. The first-order chi connectivity index (χ1) is 19.4. The maximum absolute atomic E-state index is 14.3. The van der Waals surface area contributed by atoms with E-state index in [2.05, 4.69) is 14.7 Å². The Morgan fingerprint density at radius 3 is 2.67 bits per heavy atom. The van der Waals surface area contributed by atoms with E-state index in [1.54, 1.807) is 30.5 Å². The fraction of sp³-hybridized carbons (Fsp3) is 0.286. The number of carbonyl (C=O) groups excluding carboxylic acids is 3. The molecule has 0 spiro atoms. The number of rotatable bonds is 10. The van der Waals surface area contributed by atoms with Crippen LogP contribution in [0, 0.1) is 0 Å². The third kappa shape index (κ3) is 5.36. The second-order valence-corrected chi connectivity index (χ2v) is 10.1. The molecule has 4 aromatic rings. The number of ether oxygens (including phenoxy) is 2. The number of amides is 3. The highest BCUT2D eigenvalue weighted by molar-refractivity contribution is 7.09. The van der Waals surface area contributed by atoms with E-state index in [0.717, 1.165) is 35.3 Å². The number of carbonyl (C=O) groups is 3. The predicted octanol–water partition coefficient (Wildman–Crippen LogP) is 3.39. The minimum atomic E-state index is -1.11. The maximum Gasteiger partial charge on any atom is 0.273 e. The number of nitrogens with one attached hydrogen (secondary N) is 2. The van der Waals surface area contributed by atoms with Gasteiger partial charge in [0.1, 0.15) is 16.7 Å². The van der Waals surface area contributed by atoms with Gasteiger partial charge in [-0.15, -0.1) is 0 Å². The summed E-state index contributed by atoms with van der Waals surface area (Å²) in [6, 6.07) is 13.3. The number of primary amides is 1. The first kappa shape index (κ1) is 27.2. The summed E-state index contributed by atoms with van der Waals surface area (Å²) in [6.07, 6.45) is 3.39. The molecule has 2 aromatic carbocycles. The molecule has 0 saturated carbocycles. The lowest BCUT2D eigenvalue weighted by Crippen LogP contribution is -2.45. The zero-order valence-electron chi connectivity index (χ0n) is 21.9. The van der Waals surface area contributed by atoms with Gasteiger partial charge in [-0.2, -0.15) is 4.37 Å². The Kier molecular flexibility index (Phi) is 7.99. The maximum atomic E-state index is 14.3. The average Bonchev–Trinajstić information content (AvgIpc) is 3.71. The van der Waals surface area contributed by atoms with Gasteiger partial charge in [0.25, 0.3) is 11.8 Å². The molecule has 12 heteroatoms. The van der Waals surface area contributed by atoms with Crippen molar-refractivity contribution < 1.29 is 23.9 Å². The van der Waals surface area contributed by atoms with E-state index in [-0.39, 0.29) is 22.4 Å². The number of anilines is 2. The molecule has 0 unspecified atom stereocenters. The summed E-state index contributed by atoms with van der Waals surface area (Å²) in [4.78, 5) is 44.7. The Hall–Kier alpha value is -4.42. The number of hydrogen-bond acceptors (Lipinski definition) is 8.